The van der Waals surface area contributed by atoms with Crippen LogP contribution in [-0.4, -0.2) is 17.7 Å². The Bertz CT molecular complexity index is 1230. The van der Waals surface area contributed by atoms with Crippen LogP contribution in [0.1, 0.15) is 15.2 Å². The zero-order chi connectivity index (χ0) is 18.5. The van der Waals surface area contributed by atoms with Crippen molar-refractivity contribution in [3.63, 3.8) is 0 Å². The van der Waals surface area contributed by atoms with Gasteiger partial charge in [0, 0.05) is 22.5 Å². The molecule has 1 amide bonds. The number of rotatable bonds is 2. The average molecular weight is 377 g/mol. The third-order valence-electron chi connectivity index (χ3n) is 4.51. The summed E-state index contributed by atoms with van der Waals surface area (Å²) >= 11 is 1.29. The summed E-state index contributed by atoms with van der Waals surface area (Å²) in [4.78, 5) is 18.6. The topological polar surface area (TPSA) is 86.5 Å². The summed E-state index contributed by atoms with van der Waals surface area (Å²) < 4.78 is 10.6. The molecule has 0 unspecified atom stereocenters. The van der Waals surface area contributed by atoms with Crippen LogP contribution < -0.4 is 20.5 Å². The lowest BCUT2D eigenvalue weighted by Crippen LogP contribution is -2.11. The lowest BCUT2D eigenvalue weighted by Gasteiger charge is -2.05. The van der Waals surface area contributed by atoms with E-state index in [4.69, 9.17) is 15.2 Å². The van der Waals surface area contributed by atoms with Gasteiger partial charge in [0.05, 0.1) is 11.2 Å². The summed E-state index contributed by atoms with van der Waals surface area (Å²) in [6.07, 6.45) is 0. The molecule has 0 fully saturated rings. The molecule has 1 aliphatic heterocycles. The molecule has 6 nitrogen and oxygen atoms in total. The summed E-state index contributed by atoms with van der Waals surface area (Å²) in [5.74, 6) is 1.01. The Morgan fingerprint density at radius 3 is 2.89 bits per heavy atom. The summed E-state index contributed by atoms with van der Waals surface area (Å²) in [6.45, 7) is 2.22. The van der Waals surface area contributed by atoms with E-state index in [-0.39, 0.29) is 12.7 Å². The minimum Gasteiger partial charge on any atom is -0.454 e. The zero-order valence-corrected chi connectivity index (χ0v) is 15.2. The monoisotopic (exact) mass is 377 g/mol. The van der Waals surface area contributed by atoms with Crippen molar-refractivity contribution >= 4 is 49.7 Å². The van der Waals surface area contributed by atoms with Crippen LogP contribution in [0.4, 0.5) is 11.4 Å². The largest absolute Gasteiger partial charge is 0.454 e. The Kier molecular flexibility index (Phi) is 3.45. The van der Waals surface area contributed by atoms with Crippen LogP contribution in [0.15, 0.2) is 42.5 Å². The van der Waals surface area contributed by atoms with E-state index in [1.807, 2.05) is 31.2 Å². The molecule has 0 radical (unpaired) electrons. The minimum absolute atomic E-state index is 0.189. The third-order valence-corrected chi connectivity index (χ3v) is 5.62. The van der Waals surface area contributed by atoms with Gasteiger partial charge in [-0.15, -0.1) is 11.3 Å². The van der Waals surface area contributed by atoms with Gasteiger partial charge in [0.2, 0.25) is 6.79 Å². The van der Waals surface area contributed by atoms with Gasteiger partial charge < -0.3 is 20.5 Å². The first kappa shape index (κ1) is 15.9. The molecule has 0 saturated heterocycles. The van der Waals surface area contributed by atoms with Crippen LogP contribution in [0.25, 0.3) is 21.1 Å². The maximum absolute atomic E-state index is 12.8. The quantitative estimate of drug-likeness (QED) is 0.543. The van der Waals surface area contributed by atoms with E-state index < -0.39 is 0 Å². The van der Waals surface area contributed by atoms with E-state index in [9.17, 15) is 4.79 Å². The molecule has 0 bridgehead atoms. The fraction of sp³-hybridized carbons (Fsp3) is 0.100. The van der Waals surface area contributed by atoms with E-state index in [1.165, 1.54) is 11.3 Å². The highest BCUT2D eigenvalue weighted by Gasteiger charge is 2.19. The highest BCUT2D eigenvalue weighted by Crippen LogP contribution is 2.37. The Balaban J connectivity index is 1.52. The molecular formula is C20H15N3O3S. The van der Waals surface area contributed by atoms with Crippen molar-refractivity contribution in [2.45, 2.75) is 6.92 Å². The lowest BCUT2D eigenvalue weighted by molar-refractivity contribution is 0.103. The number of carbonyl (C=O) groups excluding carboxylic acids is 1. The Labute approximate surface area is 158 Å². The van der Waals surface area contributed by atoms with Crippen molar-refractivity contribution < 1.29 is 14.3 Å². The summed E-state index contributed by atoms with van der Waals surface area (Å²) in [7, 11) is 0. The average Bonchev–Trinajstić information content (AvgIpc) is 3.24. The highest BCUT2D eigenvalue weighted by molar-refractivity contribution is 7.21. The van der Waals surface area contributed by atoms with Crippen molar-refractivity contribution in [2.75, 3.05) is 17.8 Å². The van der Waals surface area contributed by atoms with Gasteiger partial charge in [-0.25, -0.2) is 4.98 Å². The smallest absolute Gasteiger partial charge is 0.267 e. The Hall–Kier alpha value is -3.32. The summed E-state index contributed by atoms with van der Waals surface area (Å²) in [5.41, 5.74) is 9.37. The number of hydrogen-bond acceptors (Lipinski definition) is 6. The maximum Gasteiger partial charge on any atom is 0.267 e. The molecule has 27 heavy (non-hydrogen) atoms. The zero-order valence-electron chi connectivity index (χ0n) is 14.4. The molecule has 4 aromatic rings. The Morgan fingerprint density at radius 1 is 1.15 bits per heavy atom. The molecule has 0 atom stereocenters. The number of fused-ring (bicyclic) bond motifs is 3. The van der Waals surface area contributed by atoms with Crippen LogP contribution in [0.5, 0.6) is 11.5 Å². The van der Waals surface area contributed by atoms with Gasteiger partial charge in [0.15, 0.2) is 11.5 Å². The molecule has 7 heteroatoms. The number of ether oxygens (including phenoxy) is 2. The van der Waals surface area contributed by atoms with Gasteiger partial charge in [-0.05, 0) is 36.8 Å². The van der Waals surface area contributed by atoms with Crippen molar-refractivity contribution in [2.24, 2.45) is 0 Å². The predicted molar refractivity (Wildman–Crippen MR) is 107 cm³/mol. The van der Waals surface area contributed by atoms with Gasteiger partial charge in [-0.1, -0.05) is 12.1 Å². The van der Waals surface area contributed by atoms with Gasteiger partial charge in [-0.2, -0.15) is 0 Å². The van der Waals surface area contributed by atoms with E-state index in [0.29, 0.717) is 27.8 Å². The minimum atomic E-state index is -0.269. The molecule has 0 aliphatic carbocycles. The molecule has 1 aliphatic rings. The van der Waals surface area contributed by atoms with Crippen LogP contribution in [0, 0.1) is 6.92 Å². The second-order valence-electron chi connectivity index (χ2n) is 6.40. The standard InChI is InChI=1S/C20H15N3O3S/c1-10-2-3-11-7-13-17(21)18(27-20(13)23-14(11)6-10)19(24)22-12-4-5-15-16(8-12)26-9-25-15/h2-8H,9,21H2,1H3,(H,22,24). The van der Waals surface area contributed by atoms with E-state index in [0.717, 1.165) is 26.7 Å². The summed E-state index contributed by atoms with van der Waals surface area (Å²) in [5, 5.41) is 4.67. The van der Waals surface area contributed by atoms with E-state index >= 15 is 0 Å². The number of thiophene rings is 1. The van der Waals surface area contributed by atoms with Gasteiger partial charge >= 0.3 is 0 Å². The molecule has 0 spiro atoms. The van der Waals surface area contributed by atoms with E-state index in [1.54, 1.807) is 18.2 Å². The number of carbonyl (C=O) groups is 1. The predicted octanol–water partition coefficient (Wildman–Crippen LogP) is 4.32. The number of nitrogen functional groups attached to an aromatic ring is 1. The van der Waals surface area contributed by atoms with Crippen molar-refractivity contribution in [1.29, 1.82) is 0 Å². The van der Waals surface area contributed by atoms with Crippen LogP contribution in [-0.2, 0) is 0 Å². The second kappa shape index (κ2) is 5.85. The number of aryl methyl sites for hydroxylation is 1. The first-order valence-electron chi connectivity index (χ1n) is 8.39. The molecule has 3 heterocycles. The summed E-state index contributed by atoms with van der Waals surface area (Å²) in [6, 6.07) is 13.3. The highest BCUT2D eigenvalue weighted by atomic mass is 32.1. The number of nitrogens with two attached hydrogens (primary N) is 1. The number of aromatic nitrogens is 1. The number of amides is 1. The number of pyridine rings is 1. The lowest BCUT2D eigenvalue weighted by atomic mass is 10.1. The molecule has 134 valence electrons. The molecule has 2 aromatic heterocycles. The second-order valence-corrected chi connectivity index (χ2v) is 7.40. The van der Waals surface area contributed by atoms with Gasteiger partial charge in [0.1, 0.15) is 9.71 Å². The first-order valence-corrected chi connectivity index (χ1v) is 9.20. The van der Waals surface area contributed by atoms with Crippen LogP contribution >= 0.6 is 11.3 Å². The van der Waals surface area contributed by atoms with Gasteiger partial charge in [-0.3, -0.25) is 4.79 Å². The number of nitrogens with one attached hydrogen (secondary N) is 1. The van der Waals surface area contributed by atoms with Crippen LogP contribution in [0.3, 0.4) is 0 Å². The van der Waals surface area contributed by atoms with Crippen molar-refractivity contribution in [1.82, 2.24) is 4.98 Å². The molecule has 5 rings (SSSR count). The third kappa shape index (κ3) is 2.63. The molecule has 2 aromatic carbocycles. The maximum atomic E-state index is 12.8. The van der Waals surface area contributed by atoms with Gasteiger partial charge in [0.25, 0.3) is 5.91 Å². The van der Waals surface area contributed by atoms with Crippen molar-refractivity contribution in [3.8, 4) is 11.5 Å². The molecule has 0 saturated carbocycles. The molecule has 3 N–H and O–H groups in total. The van der Waals surface area contributed by atoms with Crippen molar-refractivity contribution in [3.05, 3.63) is 52.9 Å². The fourth-order valence-electron chi connectivity index (χ4n) is 3.13. The number of benzene rings is 2. The van der Waals surface area contributed by atoms with Crippen LogP contribution in [0.2, 0.25) is 0 Å². The normalized spacial score (nSPS) is 12.6. The first-order chi connectivity index (χ1) is 13.1. The SMILES string of the molecule is Cc1ccc2cc3c(N)c(C(=O)Nc4ccc5c(c4)OCO5)sc3nc2c1. The number of anilines is 2. The molecular weight excluding hydrogens is 362 g/mol. The fourth-order valence-corrected chi connectivity index (χ4v) is 4.11. The number of hydrogen-bond donors (Lipinski definition) is 2. The Morgan fingerprint density at radius 2 is 2.00 bits per heavy atom. The number of nitrogens with zero attached hydrogens (tertiary/aromatic N) is 1. The van der Waals surface area contributed by atoms with E-state index in [2.05, 4.69) is 10.3 Å².